The van der Waals surface area contributed by atoms with Crippen LogP contribution in [0.3, 0.4) is 0 Å². The summed E-state index contributed by atoms with van der Waals surface area (Å²) in [5.41, 5.74) is 4.02. The largest absolute Gasteiger partial charge is 0.490 e. The average molecular weight is 514 g/mol. The van der Waals surface area contributed by atoms with Crippen LogP contribution in [0.2, 0.25) is 0 Å². The Balaban J connectivity index is 1.79. The Morgan fingerprint density at radius 1 is 0.972 bits per heavy atom. The lowest BCUT2D eigenvalue weighted by atomic mass is 10.2. The summed E-state index contributed by atoms with van der Waals surface area (Å²) in [6, 6.07) is 16.3. The number of hydrogen-bond acceptors (Lipinski definition) is 6. The summed E-state index contributed by atoms with van der Waals surface area (Å²) in [5.74, 6) is -0.0671. The minimum Gasteiger partial charge on any atom is -0.490 e. The molecule has 36 heavy (non-hydrogen) atoms. The van der Waals surface area contributed by atoms with Crippen LogP contribution in [0.1, 0.15) is 25.0 Å². The number of carbonyl (C=O) groups is 1. The van der Waals surface area contributed by atoms with Gasteiger partial charge in [0.1, 0.15) is 12.4 Å². The molecule has 10 heteroatoms. The number of hydrogen-bond donors (Lipinski definition) is 1. The molecule has 0 heterocycles. The summed E-state index contributed by atoms with van der Waals surface area (Å²) in [4.78, 5) is 12.7. The average Bonchev–Trinajstić information content (AvgIpc) is 2.85. The van der Waals surface area contributed by atoms with Crippen LogP contribution in [0.15, 0.2) is 76.7 Å². The van der Waals surface area contributed by atoms with Gasteiger partial charge in [-0.2, -0.15) is 5.10 Å². The maximum Gasteiger partial charge on any atom is 0.264 e. The number of aryl methyl sites for hydroxylation is 1. The van der Waals surface area contributed by atoms with Gasteiger partial charge < -0.3 is 9.47 Å². The third kappa shape index (κ3) is 6.82. The normalized spacial score (nSPS) is 11.3. The quantitative estimate of drug-likeness (QED) is 0.305. The Bertz CT molecular complexity index is 1310. The van der Waals surface area contributed by atoms with E-state index in [0.29, 0.717) is 30.3 Å². The molecule has 1 N–H and O–H groups in total. The lowest BCUT2D eigenvalue weighted by Gasteiger charge is -2.23. The molecule has 0 saturated heterocycles. The van der Waals surface area contributed by atoms with Gasteiger partial charge in [-0.25, -0.2) is 18.2 Å². The molecule has 0 aromatic heterocycles. The maximum atomic E-state index is 13.5. The lowest BCUT2D eigenvalue weighted by molar-refractivity contribution is -0.119. The third-order valence-corrected chi connectivity index (χ3v) is 6.77. The number of halogens is 1. The van der Waals surface area contributed by atoms with Crippen LogP contribution >= 0.6 is 0 Å². The lowest BCUT2D eigenvalue weighted by Crippen LogP contribution is -2.39. The number of rotatable bonds is 11. The molecule has 3 rings (SSSR count). The van der Waals surface area contributed by atoms with Gasteiger partial charge in [0.05, 0.1) is 30.0 Å². The minimum absolute atomic E-state index is 0.00608. The van der Waals surface area contributed by atoms with Gasteiger partial charge >= 0.3 is 0 Å². The monoisotopic (exact) mass is 513 g/mol. The summed E-state index contributed by atoms with van der Waals surface area (Å²) < 4.78 is 52.1. The zero-order valence-electron chi connectivity index (χ0n) is 20.3. The van der Waals surface area contributed by atoms with Gasteiger partial charge in [0.25, 0.3) is 15.9 Å². The Morgan fingerprint density at radius 2 is 1.61 bits per heavy atom. The molecule has 0 atom stereocenters. The number of ether oxygens (including phenoxy) is 2. The number of benzene rings is 3. The topological polar surface area (TPSA) is 97.3 Å². The molecule has 1 amide bonds. The van der Waals surface area contributed by atoms with E-state index in [0.717, 1.165) is 22.0 Å². The SMILES string of the molecule is CCOc1ccc(/C=N\NC(=O)CN(c2ccc(F)cc2)S(=O)(=O)c2ccc(C)cc2)cc1OCC. The second-order valence-electron chi connectivity index (χ2n) is 7.67. The zero-order valence-corrected chi connectivity index (χ0v) is 21.1. The summed E-state index contributed by atoms with van der Waals surface area (Å²) >= 11 is 0. The maximum absolute atomic E-state index is 13.5. The highest BCUT2D eigenvalue weighted by atomic mass is 32.2. The van der Waals surface area contributed by atoms with Gasteiger partial charge in [-0.15, -0.1) is 0 Å². The second-order valence-corrected chi connectivity index (χ2v) is 9.53. The number of carbonyl (C=O) groups excluding carboxylic acids is 1. The molecule has 8 nitrogen and oxygen atoms in total. The second kappa shape index (κ2) is 12.2. The van der Waals surface area contributed by atoms with Crippen LogP contribution in [0.5, 0.6) is 11.5 Å². The van der Waals surface area contributed by atoms with Gasteiger partial charge in [0, 0.05) is 0 Å². The summed E-state index contributed by atoms with van der Waals surface area (Å²) in [5, 5.41) is 3.94. The predicted molar refractivity (Wildman–Crippen MR) is 137 cm³/mol. The summed E-state index contributed by atoms with van der Waals surface area (Å²) in [6.45, 7) is 5.93. The fourth-order valence-electron chi connectivity index (χ4n) is 3.25. The van der Waals surface area contributed by atoms with Crippen molar-refractivity contribution in [2.75, 3.05) is 24.1 Å². The minimum atomic E-state index is -4.11. The van der Waals surface area contributed by atoms with E-state index in [1.54, 1.807) is 30.3 Å². The molecule has 0 aliphatic heterocycles. The number of sulfonamides is 1. The van der Waals surface area contributed by atoms with Gasteiger partial charge in [-0.05, 0) is 80.9 Å². The van der Waals surface area contributed by atoms with Crippen LogP contribution in [0.25, 0.3) is 0 Å². The van der Waals surface area contributed by atoms with E-state index in [4.69, 9.17) is 9.47 Å². The van der Waals surface area contributed by atoms with Crippen LogP contribution in [-0.4, -0.2) is 40.3 Å². The van der Waals surface area contributed by atoms with Gasteiger partial charge in [0.15, 0.2) is 11.5 Å². The number of hydrazone groups is 1. The molecule has 0 fully saturated rings. The van der Waals surface area contributed by atoms with Gasteiger partial charge in [-0.1, -0.05) is 17.7 Å². The van der Waals surface area contributed by atoms with E-state index in [1.165, 1.54) is 30.5 Å². The summed E-state index contributed by atoms with van der Waals surface area (Å²) in [6.07, 6.45) is 1.41. The Kier molecular flexibility index (Phi) is 9.02. The van der Waals surface area contributed by atoms with Crippen molar-refractivity contribution in [1.29, 1.82) is 0 Å². The molecule has 0 unspecified atom stereocenters. The molecule has 190 valence electrons. The number of anilines is 1. The van der Waals surface area contributed by atoms with E-state index in [1.807, 2.05) is 20.8 Å². The van der Waals surface area contributed by atoms with E-state index < -0.39 is 28.3 Å². The van der Waals surface area contributed by atoms with Crippen molar-refractivity contribution in [3.8, 4) is 11.5 Å². The highest BCUT2D eigenvalue weighted by molar-refractivity contribution is 7.92. The Hall–Kier alpha value is -3.92. The van der Waals surface area contributed by atoms with Crippen LogP contribution in [0, 0.1) is 12.7 Å². The molecular formula is C26H28FN3O5S. The predicted octanol–water partition coefficient (Wildman–Crippen LogP) is 4.28. The molecule has 0 bridgehead atoms. The summed E-state index contributed by atoms with van der Waals surface area (Å²) in [7, 11) is -4.11. The fraction of sp³-hybridized carbons (Fsp3) is 0.231. The van der Waals surface area contributed by atoms with Gasteiger partial charge in [-0.3, -0.25) is 9.10 Å². The molecular weight excluding hydrogens is 485 g/mol. The Labute approximate surface area is 210 Å². The molecule has 0 saturated carbocycles. The van der Waals surface area contributed by atoms with Crippen LogP contribution in [-0.2, 0) is 14.8 Å². The molecule has 3 aromatic carbocycles. The van der Waals surface area contributed by atoms with Gasteiger partial charge in [0.2, 0.25) is 0 Å². The van der Waals surface area contributed by atoms with Crippen molar-refractivity contribution < 1.29 is 27.1 Å². The van der Waals surface area contributed by atoms with Crippen molar-refractivity contribution >= 4 is 27.8 Å². The van der Waals surface area contributed by atoms with E-state index >= 15 is 0 Å². The van der Waals surface area contributed by atoms with Crippen molar-refractivity contribution in [3.05, 3.63) is 83.7 Å². The first kappa shape index (κ1) is 26.7. The molecule has 0 radical (unpaired) electrons. The van der Waals surface area contributed by atoms with Crippen molar-refractivity contribution in [2.24, 2.45) is 5.10 Å². The first-order valence-corrected chi connectivity index (χ1v) is 12.7. The van der Waals surface area contributed by atoms with E-state index in [-0.39, 0.29) is 10.6 Å². The Morgan fingerprint density at radius 3 is 2.25 bits per heavy atom. The molecule has 3 aromatic rings. The highest BCUT2D eigenvalue weighted by Crippen LogP contribution is 2.28. The molecule has 0 aliphatic carbocycles. The van der Waals surface area contributed by atoms with Crippen molar-refractivity contribution in [1.82, 2.24) is 5.43 Å². The van der Waals surface area contributed by atoms with E-state index in [2.05, 4.69) is 10.5 Å². The smallest absolute Gasteiger partial charge is 0.264 e. The number of amides is 1. The van der Waals surface area contributed by atoms with Crippen molar-refractivity contribution in [3.63, 3.8) is 0 Å². The first-order valence-electron chi connectivity index (χ1n) is 11.3. The van der Waals surface area contributed by atoms with Crippen LogP contribution < -0.4 is 19.2 Å². The third-order valence-electron chi connectivity index (χ3n) is 4.98. The number of nitrogens with zero attached hydrogens (tertiary/aromatic N) is 2. The first-order chi connectivity index (χ1) is 17.2. The molecule has 0 spiro atoms. The zero-order chi connectivity index (χ0) is 26.1. The standard InChI is InChI=1S/C26H28FN3O5S/c1-4-34-24-15-8-20(16-25(24)35-5-2)17-28-29-26(31)18-30(22-11-9-21(27)10-12-22)36(32,33)23-13-6-19(3)7-14-23/h6-17H,4-5,18H2,1-3H3,(H,29,31)/b28-17-. The highest BCUT2D eigenvalue weighted by Gasteiger charge is 2.27. The van der Waals surface area contributed by atoms with Crippen molar-refractivity contribution in [2.45, 2.75) is 25.7 Å². The molecule has 0 aliphatic rings. The fourth-order valence-corrected chi connectivity index (χ4v) is 4.67. The van der Waals surface area contributed by atoms with E-state index in [9.17, 15) is 17.6 Å². The number of nitrogens with one attached hydrogen (secondary N) is 1. The van der Waals surface area contributed by atoms with Crippen LogP contribution in [0.4, 0.5) is 10.1 Å².